The summed E-state index contributed by atoms with van der Waals surface area (Å²) in [5.41, 5.74) is 5.38. The van der Waals surface area contributed by atoms with Crippen LogP contribution in [0.15, 0.2) is 29.0 Å². The molecule has 0 bridgehead atoms. The number of nitro benzene ring substituents is 1. The van der Waals surface area contributed by atoms with Crippen molar-refractivity contribution < 1.29 is 9.66 Å². The van der Waals surface area contributed by atoms with Crippen molar-refractivity contribution in [3.63, 3.8) is 0 Å². The third-order valence-corrected chi connectivity index (χ3v) is 3.28. The lowest BCUT2D eigenvalue weighted by Gasteiger charge is -2.08. The van der Waals surface area contributed by atoms with Gasteiger partial charge < -0.3 is 10.5 Å². The summed E-state index contributed by atoms with van der Waals surface area (Å²) in [5.74, 6) is 0.290. The molecule has 0 aliphatic carbocycles. The second-order valence-corrected chi connectivity index (χ2v) is 4.50. The molecule has 98 valence electrons. The molecule has 0 aliphatic rings. The zero-order chi connectivity index (χ0) is 14.0. The fourth-order valence-electron chi connectivity index (χ4n) is 1.26. The maximum atomic E-state index is 10.8. The van der Waals surface area contributed by atoms with E-state index in [1.54, 1.807) is 0 Å². The number of nitrogen functional groups attached to an aromatic ring is 1. The number of aromatic nitrogens is 2. The molecular formula is C10H6BrClN4O3. The third kappa shape index (κ3) is 2.74. The van der Waals surface area contributed by atoms with Gasteiger partial charge >= 0.3 is 0 Å². The number of halogens is 2. The molecule has 0 atom stereocenters. The van der Waals surface area contributed by atoms with Gasteiger partial charge in [0.05, 0.1) is 4.92 Å². The average molecular weight is 346 g/mol. The second-order valence-electron chi connectivity index (χ2n) is 3.33. The summed E-state index contributed by atoms with van der Waals surface area (Å²) in [6, 6.07) is 4.36. The van der Waals surface area contributed by atoms with E-state index in [1.807, 2.05) is 0 Å². The van der Waals surface area contributed by atoms with Gasteiger partial charge in [-0.15, -0.1) is 0 Å². The van der Waals surface area contributed by atoms with E-state index in [0.29, 0.717) is 0 Å². The van der Waals surface area contributed by atoms with Crippen molar-refractivity contribution in [3.8, 4) is 11.6 Å². The second kappa shape index (κ2) is 5.37. The zero-order valence-corrected chi connectivity index (χ0v) is 11.6. The number of ether oxygens (including phenoxy) is 1. The van der Waals surface area contributed by atoms with E-state index in [2.05, 4.69) is 25.9 Å². The van der Waals surface area contributed by atoms with Crippen molar-refractivity contribution in [2.24, 2.45) is 0 Å². The maximum Gasteiger partial charge on any atom is 0.287 e. The van der Waals surface area contributed by atoms with Gasteiger partial charge in [-0.2, -0.15) is 4.98 Å². The van der Waals surface area contributed by atoms with Crippen molar-refractivity contribution in [2.45, 2.75) is 0 Å². The van der Waals surface area contributed by atoms with E-state index < -0.39 is 4.92 Å². The van der Waals surface area contributed by atoms with Gasteiger partial charge in [-0.1, -0.05) is 17.7 Å². The van der Waals surface area contributed by atoms with E-state index in [1.165, 1.54) is 24.5 Å². The number of hydrogen-bond donors (Lipinski definition) is 1. The summed E-state index contributed by atoms with van der Waals surface area (Å²) in [6.45, 7) is 0. The Hall–Kier alpha value is -1.93. The Balaban J connectivity index is 2.42. The van der Waals surface area contributed by atoms with Crippen molar-refractivity contribution in [1.82, 2.24) is 9.97 Å². The number of rotatable bonds is 3. The van der Waals surface area contributed by atoms with Crippen LogP contribution in [0, 0.1) is 10.1 Å². The molecule has 0 saturated heterocycles. The van der Waals surface area contributed by atoms with Crippen LogP contribution in [0.4, 0.5) is 11.5 Å². The van der Waals surface area contributed by atoms with Gasteiger partial charge in [0, 0.05) is 6.07 Å². The van der Waals surface area contributed by atoms with E-state index >= 15 is 0 Å². The molecule has 19 heavy (non-hydrogen) atoms. The third-order valence-electron chi connectivity index (χ3n) is 2.13. The Morgan fingerprint density at radius 1 is 1.42 bits per heavy atom. The van der Waals surface area contributed by atoms with Crippen LogP contribution in [-0.4, -0.2) is 14.9 Å². The number of nitro groups is 1. The smallest absolute Gasteiger partial charge is 0.287 e. The van der Waals surface area contributed by atoms with E-state index in [9.17, 15) is 10.1 Å². The minimum Gasteiger partial charge on any atom is -0.436 e. The molecule has 7 nitrogen and oxygen atoms in total. The summed E-state index contributed by atoms with van der Waals surface area (Å²) >= 11 is 8.97. The first-order chi connectivity index (χ1) is 9.00. The Bertz CT molecular complexity index is 653. The summed E-state index contributed by atoms with van der Waals surface area (Å²) in [5, 5.41) is 10.8. The Morgan fingerprint density at radius 2 is 2.16 bits per heavy atom. The molecule has 1 aromatic carbocycles. The molecule has 1 aromatic heterocycles. The molecule has 0 spiro atoms. The topological polar surface area (TPSA) is 104 Å². The fraction of sp³-hybridized carbons (Fsp3) is 0. The summed E-state index contributed by atoms with van der Waals surface area (Å²) in [6.07, 6.45) is 1.18. The van der Waals surface area contributed by atoms with Crippen molar-refractivity contribution in [3.05, 3.63) is 44.1 Å². The number of anilines is 1. The van der Waals surface area contributed by atoms with Gasteiger partial charge in [0.2, 0.25) is 5.88 Å². The molecular weight excluding hydrogens is 339 g/mol. The fourth-order valence-corrected chi connectivity index (χ4v) is 1.89. The lowest BCUT2D eigenvalue weighted by atomic mass is 10.3. The minimum atomic E-state index is -0.535. The van der Waals surface area contributed by atoms with Crippen LogP contribution >= 0.6 is 27.5 Å². The highest BCUT2D eigenvalue weighted by Gasteiger charge is 2.18. The van der Waals surface area contributed by atoms with Crippen LogP contribution in [0.1, 0.15) is 0 Å². The molecule has 9 heteroatoms. The van der Waals surface area contributed by atoms with Gasteiger partial charge in [0.1, 0.15) is 21.6 Å². The number of hydrogen-bond acceptors (Lipinski definition) is 6. The van der Waals surface area contributed by atoms with Crippen LogP contribution < -0.4 is 10.5 Å². The minimum absolute atomic E-state index is 0.0235. The SMILES string of the molecule is Nc1ncnc(Oc2cccc([N+](=O)[O-])c2Br)c1Cl. The summed E-state index contributed by atoms with van der Waals surface area (Å²) in [7, 11) is 0. The van der Waals surface area contributed by atoms with Crippen LogP contribution in [0.2, 0.25) is 5.02 Å². The molecule has 2 rings (SSSR count). The quantitative estimate of drug-likeness (QED) is 0.676. The highest BCUT2D eigenvalue weighted by atomic mass is 79.9. The van der Waals surface area contributed by atoms with Crippen molar-refractivity contribution in [2.75, 3.05) is 5.73 Å². The Kier molecular flexibility index (Phi) is 3.82. The average Bonchev–Trinajstić information content (AvgIpc) is 2.37. The number of benzene rings is 1. The van der Waals surface area contributed by atoms with Gasteiger partial charge in [-0.05, 0) is 22.0 Å². The van der Waals surface area contributed by atoms with Gasteiger partial charge in [0.15, 0.2) is 5.75 Å². The molecule has 2 aromatic rings. The predicted molar refractivity (Wildman–Crippen MR) is 72.3 cm³/mol. The molecule has 0 fully saturated rings. The first-order valence-electron chi connectivity index (χ1n) is 4.87. The lowest BCUT2D eigenvalue weighted by Crippen LogP contribution is -1.97. The van der Waals surface area contributed by atoms with Crippen molar-refractivity contribution in [1.29, 1.82) is 0 Å². The normalized spacial score (nSPS) is 10.2. The first kappa shape index (κ1) is 13.5. The lowest BCUT2D eigenvalue weighted by molar-refractivity contribution is -0.385. The standard InChI is InChI=1S/C10H6BrClN4O3/c11-7-5(16(17)18)2-1-3-6(7)19-10-8(12)9(13)14-4-15-10/h1-4H,(H2,13,14,15). The van der Waals surface area contributed by atoms with Crippen molar-refractivity contribution >= 4 is 39.0 Å². The largest absolute Gasteiger partial charge is 0.436 e. The molecule has 0 amide bonds. The highest BCUT2D eigenvalue weighted by molar-refractivity contribution is 9.10. The Labute approximate surface area is 120 Å². The monoisotopic (exact) mass is 344 g/mol. The zero-order valence-electron chi connectivity index (χ0n) is 9.21. The molecule has 0 aliphatic heterocycles. The molecule has 1 heterocycles. The maximum absolute atomic E-state index is 10.8. The molecule has 0 saturated carbocycles. The molecule has 0 radical (unpaired) electrons. The van der Waals surface area contributed by atoms with E-state index in [-0.39, 0.29) is 32.6 Å². The van der Waals surface area contributed by atoms with Crippen LogP contribution in [0.3, 0.4) is 0 Å². The van der Waals surface area contributed by atoms with E-state index in [0.717, 1.165) is 0 Å². The number of nitrogens with two attached hydrogens (primary N) is 1. The summed E-state index contributed by atoms with van der Waals surface area (Å²) < 4.78 is 5.59. The molecule has 0 unspecified atom stereocenters. The predicted octanol–water partition coefficient (Wildman–Crippen LogP) is 3.18. The molecule has 2 N–H and O–H groups in total. The van der Waals surface area contributed by atoms with Gasteiger partial charge in [-0.25, -0.2) is 4.98 Å². The van der Waals surface area contributed by atoms with E-state index in [4.69, 9.17) is 22.1 Å². The first-order valence-corrected chi connectivity index (χ1v) is 6.04. The highest BCUT2D eigenvalue weighted by Crippen LogP contribution is 2.38. The Morgan fingerprint density at radius 3 is 2.84 bits per heavy atom. The number of nitrogens with zero attached hydrogens (tertiary/aromatic N) is 3. The van der Waals surface area contributed by atoms with Crippen LogP contribution in [-0.2, 0) is 0 Å². The van der Waals surface area contributed by atoms with Gasteiger partial charge in [-0.3, -0.25) is 10.1 Å². The van der Waals surface area contributed by atoms with Gasteiger partial charge in [0.25, 0.3) is 5.69 Å². The van der Waals surface area contributed by atoms with Crippen LogP contribution in [0.5, 0.6) is 11.6 Å². The summed E-state index contributed by atoms with van der Waals surface area (Å²) in [4.78, 5) is 17.8. The van der Waals surface area contributed by atoms with Crippen LogP contribution in [0.25, 0.3) is 0 Å².